The summed E-state index contributed by atoms with van der Waals surface area (Å²) in [6, 6.07) is 9.60. The van der Waals surface area contributed by atoms with Crippen LogP contribution in [0, 0.1) is 10.1 Å². The van der Waals surface area contributed by atoms with Crippen LogP contribution in [0.2, 0.25) is 5.02 Å². The zero-order valence-corrected chi connectivity index (χ0v) is 16.2. The van der Waals surface area contributed by atoms with Gasteiger partial charge in [-0.15, -0.1) is 0 Å². The van der Waals surface area contributed by atoms with Gasteiger partial charge in [-0.2, -0.15) is 0 Å². The van der Waals surface area contributed by atoms with Crippen LogP contribution in [0.4, 0.5) is 5.69 Å². The molecule has 0 spiro atoms. The first-order chi connectivity index (χ1) is 12.8. The van der Waals surface area contributed by atoms with Crippen molar-refractivity contribution in [1.82, 2.24) is 5.32 Å². The highest BCUT2D eigenvalue weighted by atomic mass is 35.5. The zero-order valence-electron chi connectivity index (χ0n) is 15.5. The molecule has 0 saturated heterocycles. The second-order valence-corrected chi connectivity index (χ2v) is 7.11. The third-order valence-corrected chi connectivity index (χ3v) is 4.38. The van der Waals surface area contributed by atoms with Gasteiger partial charge in [0, 0.05) is 35.3 Å². The number of hydrogen-bond donors (Lipinski definition) is 2. The molecule has 2 N–H and O–H groups in total. The quantitative estimate of drug-likeness (QED) is 0.497. The minimum atomic E-state index is -0.446. The van der Waals surface area contributed by atoms with Crippen molar-refractivity contribution in [3.05, 3.63) is 62.7 Å². The molecule has 0 bridgehead atoms. The van der Waals surface area contributed by atoms with Gasteiger partial charge in [0.2, 0.25) is 0 Å². The van der Waals surface area contributed by atoms with Crippen molar-refractivity contribution in [1.29, 1.82) is 0 Å². The molecule has 2 rings (SSSR count). The fourth-order valence-corrected chi connectivity index (χ4v) is 2.47. The van der Waals surface area contributed by atoms with E-state index in [4.69, 9.17) is 21.1 Å². The van der Waals surface area contributed by atoms with Gasteiger partial charge in [-0.1, -0.05) is 11.6 Å². The van der Waals surface area contributed by atoms with Crippen molar-refractivity contribution < 1.29 is 19.5 Å². The number of hydrogen-bond acceptors (Lipinski definition) is 6. The molecule has 0 aromatic heterocycles. The molecule has 0 fully saturated rings. The van der Waals surface area contributed by atoms with Gasteiger partial charge in [0.15, 0.2) is 11.5 Å². The standard InChI is InChI=1S/C19H23ClN2O5/c1-19(2,12-23)21-10-14-8-17(26-3)18(9-16(14)20)27-11-13-4-6-15(7-5-13)22(24)25/h4-9,21,23H,10-12H2,1-3H3. The number of methoxy groups -OCH3 is 1. The van der Waals surface area contributed by atoms with Gasteiger partial charge in [-0.05, 0) is 43.2 Å². The van der Waals surface area contributed by atoms with Gasteiger partial charge < -0.3 is 19.9 Å². The van der Waals surface area contributed by atoms with E-state index in [9.17, 15) is 15.2 Å². The smallest absolute Gasteiger partial charge is 0.269 e. The summed E-state index contributed by atoms with van der Waals surface area (Å²) in [4.78, 5) is 10.3. The minimum absolute atomic E-state index is 0.00180. The number of nitro benzene ring substituents is 1. The highest BCUT2D eigenvalue weighted by Gasteiger charge is 2.17. The molecule has 0 heterocycles. The Kier molecular flexibility index (Phi) is 7.01. The second-order valence-electron chi connectivity index (χ2n) is 6.70. The van der Waals surface area contributed by atoms with Gasteiger partial charge in [0.25, 0.3) is 5.69 Å². The monoisotopic (exact) mass is 394 g/mol. The van der Waals surface area contributed by atoms with Gasteiger partial charge in [0.1, 0.15) is 6.61 Å². The van der Waals surface area contributed by atoms with Crippen LogP contribution in [0.5, 0.6) is 11.5 Å². The summed E-state index contributed by atoms with van der Waals surface area (Å²) in [5.74, 6) is 1.01. The molecule has 2 aromatic carbocycles. The van der Waals surface area contributed by atoms with E-state index in [1.54, 1.807) is 24.3 Å². The van der Waals surface area contributed by atoms with E-state index in [0.29, 0.717) is 23.1 Å². The maximum Gasteiger partial charge on any atom is 0.269 e. The summed E-state index contributed by atoms with van der Waals surface area (Å²) in [6.07, 6.45) is 0. The molecule has 0 aliphatic heterocycles. The van der Waals surface area contributed by atoms with Gasteiger partial charge in [-0.25, -0.2) is 0 Å². The summed E-state index contributed by atoms with van der Waals surface area (Å²) in [5.41, 5.74) is 1.20. The van der Waals surface area contributed by atoms with Gasteiger partial charge in [0.05, 0.1) is 18.6 Å². The SMILES string of the molecule is COc1cc(CNC(C)(C)CO)c(Cl)cc1OCc1ccc([N+](=O)[O-])cc1. The van der Waals surface area contributed by atoms with Crippen LogP contribution in [0.3, 0.4) is 0 Å². The predicted molar refractivity (Wildman–Crippen MR) is 103 cm³/mol. The molecule has 7 nitrogen and oxygen atoms in total. The Morgan fingerprint density at radius 1 is 1.22 bits per heavy atom. The highest BCUT2D eigenvalue weighted by molar-refractivity contribution is 6.31. The number of aliphatic hydroxyl groups is 1. The van der Waals surface area contributed by atoms with Crippen molar-refractivity contribution in [2.24, 2.45) is 0 Å². The summed E-state index contributed by atoms with van der Waals surface area (Å²) < 4.78 is 11.2. The number of nitro groups is 1. The summed E-state index contributed by atoms with van der Waals surface area (Å²) in [5, 5.41) is 23.8. The van der Waals surface area contributed by atoms with Crippen LogP contribution in [0.1, 0.15) is 25.0 Å². The zero-order chi connectivity index (χ0) is 20.0. The molecule has 0 aliphatic carbocycles. The first kappa shape index (κ1) is 21.0. The number of halogens is 1. The Morgan fingerprint density at radius 2 is 1.89 bits per heavy atom. The number of aliphatic hydroxyl groups excluding tert-OH is 1. The van der Waals surface area contributed by atoms with E-state index in [1.807, 2.05) is 13.8 Å². The fraction of sp³-hybridized carbons (Fsp3) is 0.368. The topological polar surface area (TPSA) is 93.9 Å². The van der Waals surface area contributed by atoms with Crippen molar-refractivity contribution >= 4 is 17.3 Å². The van der Waals surface area contributed by atoms with Crippen molar-refractivity contribution in [2.75, 3.05) is 13.7 Å². The summed E-state index contributed by atoms with van der Waals surface area (Å²) in [6.45, 7) is 4.46. The molecule has 0 saturated carbocycles. The Bertz CT molecular complexity index is 793. The number of nitrogens with one attached hydrogen (secondary N) is 1. The Morgan fingerprint density at radius 3 is 2.44 bits per heavy atom. The summed E-state index contributed by atoms with van der Waals surface area (Å²) >= 11 is 6.35. The van der Waals surface area contributed by atoms with Crippen LogP contribution in [-0.2, 0) is 13.2 Å². The lowest BCUT2D eigenvalue weighted by molar-refractivity contribution is -0.384. The van der Waals surface area contributed by atoms with E-state index in [0.717, 1.165) is 11.1 Å². The van der Waals surface area contributed by atoms with Gasteiger partial charge >= 0.3 is 0 Å². The maximum absolute atomic E-state index is 10.7. The molecule has 0 atom stereocenters. The van der Waals surface area contributed by atoms with Crippen LogP contribution < -0.4 is 14.8 Å². The number of nitrogens with zero attached hydrogens (tertiary/aromatic N) is 1. The molecule has 0 unspecified atom stereocenters. The van der Waals surface area contributed by atoms with Crippen LogP contribution >= 0.6 is 11.6 Å². The first-order valence-electron chi connectivity index (χ1n) is 8.34. The fourth-order valence-electron chi connectivity index (χ4n) is 2.25. The molecule has 0 amide bonds. The third-order valence-electron chi connectivity index (χ3n) is 4.03. The average Bonchev–Trinajstić information content (AvgIpc) is 2.65. The molecular weight excluding hydrogens is 372 g/mol. The average molecular weight is 395 g/mol. The van der Waals surface area contributed by atoms with Crippen LogP contribution in [0.25, 0.3) is 0 Å². The lowest BCUT2D eigenvalue weighted by Crippen LogP contribution is -2.42. The number of non-ortho nitro benzene ring substituents is 1. The Labute approximate surface area is 163 Å². The Hall–Kier alpha value is -2.35. The number of rotatable bonds is 9. The maximum atomic E-state index is 10.7. The van der Waals surface area contributed by atoms with Crippen molar-refractivity contribution in [2.45, 2.75) is 32.5 Å². The van der Waals surface area contributed by atoms with E-state index in [1.165, 1.54) is 19.2 Å². The molecule has 2 aromatic rings. The molecular formula is C19H23ClN2O5. The van der Waals surface area contributed by atoms with E-state index in [2.05, 4.69) is 5.32 Å². The number of benzene rings is 2. The van der Waals surface area contributed by atoms with Gasteiger partial charge in [-0.3, -0.25) is 10.1 Å². The second kappa shape index (κ2) is 9.03. The number of ether oxygens (including phenoxy) is 2. The van der Waals surface area contributed by atoms with E-state index < -0.39 is 10.5 Å². The van der Waals surface area contributed by atoms with Crippen LogP contribution in [0.15, 0.2) is 36.4 Å². The van der Waals surface area contributed by atoms with Crippen LogP contribution in [-0.4, -0.2) is 29.3 Å². The highest BCUT2D eigenvalue weighted by Crippen LogP contribution is 2.34. The third kappa shape index (κ3) is 5.82. The molecule has 27 heavy (non-hydrogen) atoms. The lowest BCUT2D eigenvalue weighted by atomic mass is 10.1. The molecule has 146 valence electrons. The Balaban J connectivity index is 2.10. The largest absolute Gasteiger partial charge is 0.493 e. The molecule has 8 heteroatoms. The molecule has 0 radical (unpaired) electrons. The van der Waals surface area contributed by atoms with E-state index in [-0.39, 0.29) is 18.9 Å². The van der Waals surface area contributed by atoms with Crippen molar-refractivity contribution in [3.8, 4) is 11.5 Å². The molecule has 0 aliphatic rings. The van der Waals surface area contributed by atoms with E-state index >= 15 is 0 Å². The van der Waals surface area contributed by atoms with Crippen molar-refractivity contribution in [3.63, 3.8) is 0 Å². The minimum Gasteiger partial charge on any atom is -0.493 e. The summed E-state index contributed by atoms with van der Waals surface area (Å²) in [7, 11) is 1.54. The first-order valence-corrected chi connectivity index (χ1v) is 8.72. The predicted octanol–water partition coefficient (Wildman–Crippen LogP) is 3.70. The lowest BCUT2D eigenvalue weighted by Gasteiger charge is -2.24. The normalized spacial score (nSPS) is 11.3.